The number of hydrogen-bond donors (Lipinski definition) is 1. The molecule has 0 aromatic heterocycles. The number of nitrogens with zero attached hydrogens (tertiary/aromatic N) is 2. The molecule has 3 aromatic carbocycles. The second-order valence-electron chi connectivity index (χ2n) is 7.90. The highest BCUT2D eigenvalue weighted by Crippen LogP contribution is 2.46. The van der Waals surface area contributed by atoms with Gasteiger partial charge >= 0.3 is 0 Å². The van der Waals surface area contributed by atoms with Crippen LogP contribution in [0.2, 0.25) is 0 Å². The van der Waals surface area contributed by atoms with Gasteiger partial charge in [-0.05, 0) is 41.0 Å². The quantitative estimate of drug-likeness (QED) is 0.684. The number of benzene rings is 3. The number of fused-ring (bicyclic) bond motifs is 2. The van der Waals surface area contributed by atoms with E-state index in [1.807, 2.05) is 36.4 Å². The summed E-state index contributed by atoms with van der Waals surface area (Å²) >= 11 is 0. The fraction of sp³-hybridized carbons (Fsp3) is 0.208. The zero-order valence-corrected chi connectivity index (χ0v) is 17.4. The lowest BCUT2D eigenvalue weighted by molar-refractivity contribution is 0.0368. The monoisotopic (exact) mass is 433 g/mol. The van der Waals surface area contributed by atoms with Crippen LogP contribution in [0.4, 0.5) is 4.39 Å². The zero-order valence-electron chi connectivity index (χ0n) is 16.6. The molecular formula is C24H20FN3O2S. The van der Waals surface area contributed by atoms with Gasteiger partial charge in [0, 0.05) is 31.1 Å². The molecule has 1 N–H and O–H groups in total. The molecule has 2 aliphatic heterocycles. The molecule has 0 saturated carbocycles. The summed E-state index contributed by atoms with van der Waals surface area (Å²) in [6.07, 6.45) is 0. The smallest absolute Gasteiger partial charge is 0.246 e. The van der Waals surface area contributed by atoms with E-state index in [0.717, 1.165) is 16.7 Å². The van der Waals surface area contributed by atoms with Crippen LogP contribution in [0.3, 0.4) is 0 Å². The van der Waals surface area contributed by atoms with Gasteiger partial charge in [0.25, 0.3) is 0 Å². The predicted molar refractivity (Wildman–Crippen MR) is 115 cm³/mol. The van der Waals surface area contributed by atoms with E-state index >= 15 is 0 Å². The zero-order chi connectivity index (χ0) is 21.6. The Bertz CT molecular complexity index is 1260. The summed E-state index contributed by atoms with van der Waals surface area (Å²) < 4.78 is 42.0. The van der Waals surface area contributed by atoms with Crippen molar-refractivity contribution in [2.75, 3.05) is 13.1 Å². The van der Waals surface area contributed by atoms with E-state index in [9.17, 15) is 12.8 Å². The number of piperidine rings is 1. The third kappa shape index (κ3) is 3.24. The highest BCUT2D eigenvalue weighted by molar-refractivity contribution is 7.89. The number of rotatable bonds is 4. The molecule has 3 aromatic rings. The van der Waals surface area contributed by atoms with Gasteiger partial charge in [0.2, 0.25) is 10.0 Å². The maximum Gasteiger partial charge on any atom is 0.246 e. The van der Waals surface area contributed by atoms with E-state index < -0.39 is 15.8 Å². The molecule has 2 aliphatic rings. The van der Waals surface area contributed by atoms with Gasteiger partial charge in [-0.3, -0.25) is 0 Å². The van der Waals surface area contributed by atoms with Gasteiger partial charge < -0.3 is 5.32 Å². The van der Waals surface area contributed by atoms with Crippen LogP contribution >= 0.6 is 0 Å². The number of nitriles is 1. The molecule has 0 aliphatic carbocycles. The SMILES string of the molecule is N#Cc1ccc(-c2ccc(C3[C@H]4CNC[C@@H]3N4S(=O)(=O)c3ccccc3F)cc2)cc1. The van der Waals surface area contributed by atoms with Crippen molar-refractivity contribution in [1.82, 2.24) is 9.62 Å². The highest BCUT2D eigenvalue weighted by atomic mass is 32.2. The standard InChI is InChI=1S/C24H20FN3O2S/c25-20-3-1-2-4-23(20)31(29,30)28-21-14-27-15-22(28)24(21)19-11-9-18(10-12-19)17-7-5-16(13-26)6-8-17/h1-12,21-22,24,27H,14-15H2/t21-,22+,24?. The normalized spacial score (nSPS) is 23.0. The maximum absolute atomic E-state index is 14.2. The van der Waals surface area contributed by atoms with E-state index in [-0.39, 0.29) is 22.9 Å². The third-order valence-electron chi connectivity index (χ3n) is 6.22. The van der Waals surface area contributed by atoms with Crippen molar-refractivity contribution < 1.29 is 12.8 Å². The largest absolute Gasteiger partial charge is 0.313 e. The molecule has 0 radical (unpaired) electrons. The molecule has 2 fully saturated rings. The molecular weight excluding hydrogens is 413 g/mol. The van der Waals surface area contributed by atoms with E-state index in [4.69, 9.17) is 5.26 Å². The first-order valence-electron chi connectivity index (χ1n) is 10.1. The molecule has 0 amide bonds. The van der Waals surface area contributed by atoms with Crippen molar-refractivity contribution in [1.29, 1.82) is 5.26 Å². The van der Waals surface area contributed by atoms with Crippen LogP contribution in [-0.2, 0) is 10.0 Å². The summed E-state index contributed by atoms with van der Waals surface area (Å²) in [4.78, 5) is -0.262. The maximum atomic E-state index is 14.2. The summed E-state index contributed by atoms with van der Waals surface area (Å²) in [6.45, 7) is 1.07. The van der Waals surface area contributed by atoms with E-state index in [1.54, 1.807) is 18.2 Å². The van der Waals surface area contributed by atoms with Crippen molar-refractivity contribution >= 4 is 10.0 Å². The van der Waals surface area contributed by atoms with Gasteiger partial charge in [0.15, 0.2) is 0 Å². The first-order chi connectivity index (χ1) is 15.0. The Morgan fingerprint density at radius 2 is 1.48 bits per heavy atom. The number of piperazine rings is 1. The molecule has 7 heteroatoms. The first kappa shape index (κ1) is 19.9. The number of nitrogens with one attached hydrogen (secondary N) is 1. The lowest BCUT2D eigenvalue weighted by atomic mass is 9.74. The molecule has 3 atom stereocenters. The van der Waals surface area contributed by atoms with Crippen LogP contribution in [0, 0.1) is 17.1 Å². The fourth-order valence-corrected chi connectivity index (χ4v) is 6.65. The topological polar surface area (TPSA) is 73.2 Å². The van der Waals surface area contributed by atoms with Crippen LogP contribution in [-0.4, -0.2) is 37.9 Å². The molecule has 5 rings (SSSR count). The summed E-state index contributed by atoms with van der Waals surface area (Å²) in [5.74, 6) is -0.651. The van der Waals surface area contributed by atoms with Crippen LogP contribution < -0.4 is 5.32 Å². The van der Waals surface area contributed by atoms with Gasteiger partial charge in [-0.2, -0.15) is 9.57 Å². The number of halogens is 1. The van der Waals surface area contributed by atoms with Crippen molar-refractivity contribution in [2.45, 2.75) is 22.9 Å². The summed E-state index contributed by atoms with van der Waals surface area (Å²) in [5.41, 5.74) is 3.75. The second kappa shape index (κ2) is 7.57. The Labute approximate surface area is 180 Å². The fourth-order valence-electron chi connectivity index (χ4n) is 4.73. The van der Waals surface area contributed by atoms with E-state index in [0.29, 0.717) is 18.7 Å². The van der Waals surface area contributed by atoms with E-state index in [1.165, 1.54) is 22.5 Å². The molecule has 2 bridgehead atoms. The minimum absolute atomic E-state index is 0.0674. The molecule has 156 valence electrons. The van der Waals surface area contributed by atoms with Gasteiger partial charge in [-0.1, -0.05) is 48.5 Å². The summed E-state index contributed by atoms with van der Waals surface area (Å²) in [6, 6.07) is 22.7. The number of sulfonamides is 1. The highest BCUT2D eigenvalue weighted by Gasteiger charge is 2.57. The average molecular weight is 434 g/mol. The van der Waals surface area contributed by atoms with Crippen LogP contribution in [0.15, 0.2) is 77.7 Å². The Kier molecular flexibility index (Phi) is 4.86. The number of hydrogen-bond acceptors (Lipinski definition) is 4. The van der Waals surface area contributed by atoms with Crippen LogP contribution in [0.1, 0.15) is 17.0 Å². The van der Waals surface area contributed by atoms with Crippen molar-refractivity contribution in [2.24, 2.45) is 0 Å². The van der Waals surface area contributed by atoms with E-state index in [2.05, 4.69) is 11.4 Å². The summed E-state index contributed by atoms with van der Waals surface area (Å²) in [7, 11) is -3.90. The predicted octanol–water partition coefficient (Wildman–Crippen LogP) is 3.49. The molecule has 5 nitrogen and oxygen atoms in total. The Morgan fingerprint density at radius 3 is 2.06 bits per heavy atom. The van der Waals surface area contributed by atoms with Crippen LogP contribution in [0.25, 0.3) is 11.1 Å². The minimum Gasteiger partial charge on any atom is -0.313 e. The summed E-state index contributed by atoms with van der Waals surface area (Å²) in [5, 5.41) is 12.2. The van der Waals surface area contributed by atoms with Gasteiger partial charge in [-0.15, -0.1) is 0 Å². The minimum atomic E-state index is -3.90. The Morgan fingerprint density at radius 1 is 0.903 bits per heavy atom. The van der Waals surface area contributed by atoms with Crippen molar-refractivity contribution in [3.63, 3.8) is 0 Å². The van der Waals surface area contributed by atoms with Gasteiger partial charge in [0.1, 0.15) is 10.7 Å². The Hall–Kier alpha value is -3.05. The Balaban J connectivity index is 1.41. The molecule has 0 spiro atoms. The van der Waals surface area contributed by atoms with Gasteiger partial charge in [0.05, 0.1) is 11.6 Å². The molecule has 1 unspecified atom stereocenters. The molecule has 31 heavy (non-hydrogen) atoms. The third-order valence-corrected chi connectivity index (χ3v) is 8.21. The van der Waals surface area contributed by atoms with Crippen molar-refractivity contribution in [3.05, 3.63) is 89.7 Å². The van der Waals surface area contributed by atoms with Crippen LogP contribution in [0.5, 0.6) is 0 Å². The van der Waals surface area contributed by atoms with Crippen molar-refractivity contribution in [3.8, 4) is 17.2 Å². The molecule has 2 saturated heterocycles. The molecule has 2 heterocycles. The van der Waals surface area contributed by atoms with Gasteiger partial charge in [-0.25, -0.2) is 12.8 Å². The lowest BCUT2D eigenvalue weighted by Gasteiger charge is -2.57. The average Bonchev–Trinajstić information content (AvgIpc) is 2.80. The first-order valence-corrected chi connectivity index (χ1v) is 11.5. The second-order valence-corrected chi connectivity index (χ2v) is 9.71. The lowest BCUT2D eigenvalue weighted by Crippen LogP contribution is -2.73.